The fourth-order valence-electron chi connectivity index (χ4n) is 4.16. The molecule has 12 nitrogen and oxygen atoms in total. The number of anilines is 1. The van der Waals surface area contributed by atoms with Crippen LogP contribution in [-0.4, -0.2) is 111 Å². The van der Waals surface area contributed by atoms with E-state index in [2.05, 4.69) is 14.7 Å². The maximum atomic E-state index is 6.31. The van der Waals surface area contributed by atoms with Gasteiger partial charge in [0, 0.05) is 18.1 Å². The number of aromatic nitrogens is 2. The fourth-order valence-corrected chi connectivity index (χ4v) is 4.92. The predicted molar refractivity (Wildman–Crippen MR) is 122 cm³/mol. The summed E-state index contributed by atoms with van der Waals surface area (Å²) in [6.07, 6.45) is -1.27. The molecular weight excluding hydrogens is 492 g/mol. The number of fused-ring (bicyclic) bond motifs is 4. The van der Waals surface area contributed by atoms with Crippen molar-refractivity contribution in [3.63, 3.8) is 0 Å². The minimum atomic E-state index is -0.771. The summed E-state index contributed by atoms with van der Waals surface area (Å²) in [6.45, 7) is 8.30. The first kappa shape index (κ1) is 26.4. The topological polar surface area (TPSA) is 138 Å². The monoisotopic (exact) mass is 524 g/mol. The Kier molecular flexibility index (Phi) is 9.32. The standard InChI is InChI=1S/C20H33ClN4O8S/c1-19(2)31-14-13(23-18-24-17(21)25-34-18)16-30-12-20(33-16,15(14)32-19)11-29-10-9-28-8-7-27-6-5-26-4-3-22/h13-16H,3-12,22H2,1-2H3,(H,23,24,25)/t13-,14-,15-,16+,20+/m1/s1. The average molecular weight is 525 g/mol. The second-order valence-corrected chi connectivity index (χ2v) is 9.69. The summed E-state index contributed by atoms with van der Waals surface area (Å²) in [5.41, 5.74) is 4.58. The molecule has 0 amide bonds. The summed E-state index contributed by atoms with van der Waals surface area (Å²) in [7, 11) is 0. The molecule has 1 aromatic rings. The molecule has 3 aliphatic heterocycles. The maximum absolute atomic E-state index is 6.31. The van der Waals surface area contributed by atoms with Crippen LogP contribution in [0, 0.1) is 0 Å². The van der Waals surface area contributed by atoms with Crippen molar-refractivity contribution in [3.05, 3.63) is 5.28 Å². The molecule has 0 spiro atoms. The molecule has 0 aliphatic carbocycles. The third kappa shape index (κ3) is 6.53. The number of hydrogen-bond donors (Lipinski definition) is 2. The van der Waals surface area contributed by atoms with Gasteiger partial charge in [0.25, 0.3) is 0 Å². The SMILES string of the molecule is CC1(C)O[C@@H]2[C@@H](Nc3nc(Cl)ns3)[C@H]3OC[C@](COCCOCCOCCOCCN)(O3)[C@@H]2O1. The molecule has 3 saturated heterocycles. The molecule has 14 heteroatoms. The molecule has 0 aromatic carbocycles. The van der Waals surface area contributed by atoms with Gasteiger partial charge in [-0.2, -0.15) is 9.36 Å². The highest BCUT2D eigenvalue weighted by Crippen LogP contribution is 2.47. The number of halogens is 1. The number of nitrogens with two attached hydrogens (primary N) is 1. The first-order chi connectivity index (χ1) is 16.4. The van der Waals surface area contributed by atoms with Crippen molar-refractivity contribution in [1.82, 2.24) is 9.36 Å². The number of nitrogens with one attached hydrogen (secondary N) is 1. The number of nitrogens with zero attached hydrogens (tertiary/aromatic N) is 2. The van der Waals surface area contributed by atoms with Gasteiger partial charge in [0.15, 0.2) is 12.1 Å². The smallest absolute Gasteiger partial charge is 0.236 e. The van der Waals surface area contributed by atoms with E-state index >= 15 is 0 Å². The van der Waals surface area contributed by atoms with Crippen LogP contribution in [0.3, 0.4) is 0 Å². The molecule has 5 atom stereocenters. The summed E-state index contributed by atoms with van der Waals surface area (Å²) in [5, 5.41) is 4.04. The van der Waals surface area contributed by atoms with E-state index in [1.54, 1.807) is 0 Å². The van der Waals surface area contributed by atoms with Crippen molar-refractivity contribution >= 4 is 28.3 Å². The van der Waals surface area contributed by atoms with Gasteiger partial charge < -0.3 is 48.9 Å². The molecule has 3 fully saturated rings. The van der Waals surface area contributed by atoms with Gasteiger partial charge >= 0.3 is 0 Å². The Morgan fingerprint density at radius 3 is 2.35 bits per heavy atom. The Morgan fingerprint density at radius 2 is 1.71 bits per heavy atom. The molecule has 3 aliphatic rings. The van der Waals surface area contributed by atoms with Crippen LogP contribution in [-0.2, 0) is 37.9 Å². The van der Waals surface area contributed by atoms with Crippen LogP contribution in [0.15, 0.2) is 0 Å². The Balaban J connectivity index is 1.21. The van der Waals surface area contributed by atoms with Gasteiger partial charge in [-0.1, -0.05) is 0 Å². The van der Waals surface area contributed by atoms with Crippen molar-refractivity contribution in [2.24, 2.45) is 5.73 Å². The lowest BCUT2D eigenvalue weighted by molar-refractivity contribution is -0.208. The second kappa shape index (κ2) is 12.0. The lowest BCUT2D eigenvalue weighted by Crippen LogP contribution is -2.63. The molecule has 4 rings (SSSR count). The van der Waals surface area contributed by atoms with E-state index in [4.69, 9.17) is 55.2 Å². The third-order valence-corrected chi connectivity index (χ3v) is 6.47. The molecule has 34 heavy (non-hydrogen) atoms. The van der Waals surface area contributed by atoms with E-state index in [1.807, 2.05) is 13.8 Å². The first-order valence-corrected chi connectivity index (χ1v) is 12.5. The quantitative estimate of drug-likeness (QED) is 0.311. The van der Waals surface area contributed by atoms with Gasteiger partial charge in [-0.25, -0.2) is 0 Å². The van der Waals surface area contributed by atoms with Gasteiger partial charge in [-0.3, -0.25) is 0 Å². The van der Waals surface area contributed by atoms with E-state index in [-0.39, 0.29) is 17.4 Å². The minimum absolute atomic E-state index is 0.185. The van der Waals surface area contributed by atoms with Gasteiger partial charge in [-0.15, -0.1) is 0 Å². The molecular formula is C20H33ClN4O8S. The lowest BCUT2D eigenvalue weighted by Gasteiger charge is -2.42. The Bertz CT molecular complexity index is 777. The fraction of sp³-hybridized carbons (Fsp3) is 0.900. The normalized spacial score (nSPS) is 31.6. The molecule has 4 heterocycles. The number of rotatable bonds is 15. The van der Waals surface area contributed by atoms with Crippen LogP contribution in [0.2, 0.25) is 5.28 Å². The summed E-state index contributed by atoms with van der Waals surface area (Å²) < 4.78 is 50.9. The number of hydrogen-bond acceptors (Lipinski definition) is 13. The summed E-state index contributed by atoms with van der Waals surface area (Å²) >= 11 is 7.03. The largest absolute Gasteiger partial charge is 0.378 e. The van der Waals surface area contributed by atoms with Crippen LogP contribution in [0.1, 0.15) is 13.8 Å². The van der Waals surface area contributed by atoms with Gasteiger partial charge in [-0.05, 0) is 25.4 Å². The Labute approximate surface area is 207 Å². The Morgan fingerprint density at radius 1 is 1.03 bits per heavy atom. The zero-order valence-corrected chi connectivity index (χ0v) is 21.0. The first-order valence-electron chi connectivity index (χ1n) is 11.3. The van der Waals surface area contributed by atoms with Crippen LogP contribution in [0.4, 0.5) is 5.13 Å². The van der Waals surface area contributed by atoms with Gasteiger partial charge in [0.2, 0.25) is 10.4 Å². The lowest BCUT2D eigenvalue weighted by atomic mass is 9.88. The van der Waals surface area contributed by atoms with E-state index in [0.717, 1.165) is 11.5 Å². The van der Waals surface area contributed by atoms with E-state index in [0.29, 0.717) is 71.1 Å². The van der Waals surface area contributed by atoms with Crippen LogP contribution >= 0.6 is 23.1 Å². The number of ether oxygens (including phenoxy) is 8. The van der Waals surface area contributed by atoms with Crippen molar-refractivity contribution < 1.29 is 37.9 Å². The maximum Gasteiger partial charge on any atom is 0.236 e. The van der Waals surface area contributed by atoms with Crippen molar-refractivity contribution in [1.29, 1.82) is 0 Å². The molecule has 3 N–H and O–H groups in total. The van der Waals surface area contributed by atoms with E-state index in [1.165, 1.54) is 0 Å². The third-order valence-electron chi connectivity index (χ3n) is 5.55. The molecule has 1 aromatic heterocycles. The molecule has 0 saturated carbocycles. The highest BCUT2D eigenvalue weighted by molar-refractivity contribution is 7.09. The van der Waals surface area contributed by atoms with Crippen molar-refractivity contribution in [2.75, 3.05) is 71.3 Å². The highest BCUT2D eigenvalue weighted by atomic mass is 35.5. The molecule has 0 unspecified atom stereocenters. The zero-order valence-electron chi connectivity index (χ0n) is 19.4. The highest BCUT2D eigenvalue weighted by Gasteiger charge is 2.66. The van der Waals surface area contributed by atoms with E-state index in [9.17, 15) is 0 Å². The van der Waals surface area contributed by atoms with Gasteiger partial charge in [0.1, 0.15) is 23.9 Å². The van der Waals surface area contributed by atoms with E-state index < -0.39 is 23.8 Å². The minimum Gasteiger partial charge on any atom is -0.378 e. The summed E-state index contributed by atoms with van der Waals surface area (Å²) in [6, 6.07) is -0.338. The zero-order chi connectivity index (χ0) is 24.0. The van der Waals surface area contributed by atoms with Crippen LogP contribution < -0.4 is 11.1 Å². The average Bonchev–Trinajstić information content (AvgIpc) is 3.48. The van der Waals surface area contributed by atoms with Gasteiger partial charge in [0.05, 0.1) is 59.5 Å². The summed E-state index contributed by atoms with van der Waals surface area (Å²) in [4.78, 5) is 4.16. The van der Waals surface area contributed by atoms with Crippen molar-refractivity contribution in [2.45, 2.75) is 49.8 Å². The second-order valence-electron chi connectivity index (χ2n) is 8.60. The molecule has 2 bridgehead atoms. The van der Waals surface area contributed by atoms with Crippen molar-refractivity contribution in [3.8, 4) is 0 Å². The molecule has 194 valence electrons. The van der Waals surface area contributed by atoms with Crippen LogP contribution in [0.5, 0.6) is 0 Å². The molecule has 0 radical (unpaired) electrons. The predicted octanol–water partition coefficient (Wildman–Crippen LogP) is 0.643. The summed E-state index contributed by atoms with van der Waals surface area (Å²) in [5.74, 6) is -0.770. The Hall–Kier alpha value is -0.710. The van der Waals surface area contributed by atoms with Crippen LogP contribution in [0.25, 0.3) is 0 Å².